The molecule has 5 heteroatoms. The number of nitrogens with zero attached hydrogens (tertiary/aromatic N) is 2. The number of carbonyl (C=O) groups is 1. The van der Waals surface area contributed by atoms with E-state index in [1.165, 1.54) is 19.3 Å². The first kappa shape index (κ1) is 11.6. The van der Waals surface area contributed by atoms with Crippen LogP contribution in [0.1, 0.15) is 0 Å². The molecule has 0 fully saturated rings. The Morgan fingerprint density at radius 3 is 2.79 bits per heavy atom. The van der Waals surface area contributed by atoms with E-state index in [1.54, 1.807) is 23.0 Å². The van der Waals surface area contributed by atoms with E-state index in [9.17, 15) is 9.18 Å². The van der Waals surface area contributed by atoms with Crippen molar-refractivity contribution in [1.29, 1.82) is 0 Å². The molecular formula is C14H11FN2O2. The fourth-order valence-electron chi connectivity index (χ4n) is 2.25. The number of halogens is 1. The van der Waals surface area contributed by atoms with Gasteiger partial charge in [0.1, 0.15) is 5.83 Å². The van der Waals surface area contributed by atoms with Crippen LogP contribution >= 0.6 is 0 Å². The van der Waals surface area contributed by atoms with Crippen molar-refractivity contribution in [2.75, 3.05) is 7.11 Å². The van der Waals surface area contributed by atoms with Gasteiger partial charge in [-0.1, -0.05) is 0 Å². The maximum atomic E-state index is 13.4. The van der Waals surface area contributed by atoms with E-state index < -0.39 is 5.97 Å². The third kappa shape index (κ3) is 1.83. The number of esters is 1. The van der Waals surface area contributed by atoms with Crippen molar-refractivity contribution in [2.45, 2.75) is 0 Å². The molecule has 2 aliphatic rings. The molecule has 1 aromatic heterocycles. The van der Waals surface area contributed by atoms with Gasteiger partial charge in [0.15, 0.2) is 5.70 Å². The lowest BCUT2D eigenvalue weighted by Gasteiger charge is -2.15. The first-order chi connectivity index (χ1) is 9.20. The van der Waals surface area contributed by atoms with Gasteiger partial charge in [-0.2, -0.15) is 0 Å². The zero-order valence-corrected chi connectivity index (χ0v) is 10.2. The lowest BCUT2D eigenvalue weighted by molar-refractivity contribution is -0.136. The lowest BCUT2D eigenvalue weighted by atomic mass is 9.95. The molecule has 96 valence electrons. The van der Waals surface area contributed by atoms with Crippen LogP contribution in [0.5, 0.6) is 0 Å². The third-order valence-corrected chi connectivity index (χ3v) is 3.10. The van der Waals surface area contributed by atoms with Crippen molar-refractivity contribution in [2.24, 2.45) is 10.9 Å². The van der Waals surface area contributed by atoms with E-state index in [4.69, 9.17) is 4.74 Å². The van der Waals surface area contributed by atoms with Gasteiger partial charge in [-0.05, 0) is 30.4 Å². The number of carbonyl (C=O) groups excluding carboxylic acids is 1. The normalized spacial score (nSPS) is 21.1. The number of allylic oxidation sites excluding steroid dienone is 5. The van der Waals surface area contributed by atoms with Crippen LogP contribution < -0.4 is 0 Å². The van der Waals surface area contributed by atoms with E-state index in [0.29, 0.717) is 11.4 Å². The van der Waals surface area contributed by atoms with E-state index in [0.717, 1.165) is 0 Å². The molecule has 1 aromatic rings. The Morgan fingerprint density at radius 2 is 2.11 bits per heavy atom. The van der Waals surface area contributed by atoms with Gasteiger partial charge in [0.25, 0.3) is 0 Å². The molecule has 0 bridgehead atoms. The summed E-state index contributed by atoms with van der Waals surface area (Å²) in [4.78, 5) is 16.1. The van der Waals surface area contributed by atoms with Crippen LogP contribution in [0.15, 0.2) is 59.3 Å². The highest BCUT2D eigenvalue weighted by Gasteiger charge is 2.33. The van der Waals surface area contributed by atoms with Crippen molar-refractivity contribution < 1.29 is 13.9 Å². The molecule has 1 atom stereocenters. The molecule has 0 aromatic carbocycles. The van der Waals surface area contributed by atoms with Gasteiger partial charge in [0, 0.05) is 12.4 Å². The topological polar surface area (TPSA) is 43.6 Å². The molecule has 0 saturated carbocycles. The summed E-state index contributed by atoms with van der Waals surface area (Å²) in [6, 6.07) is 3.66. The fourth-order valence-corrected chi connectivity index (χ4v) is 2.25. The molecule has 3 rings (SSSR count). The Hall–Kier alpha value is -2.43. The Kier molecular flexibility index (Phi) is 2.67. The third-order valence-electron chi connectivity index (χ3n) is 3.10. The van der Waals surface area contributed by atoms with Gasteiger partial charge in [-0.3, -0.25) is 0 Å². The highest BCUT2D eigenvalue weighted by atomic mass is 19.1. The summed E-state index contributed by atoms with van der Waals surface area (Å²) in [5.41, 5.74) is 1.48. The number of hydrogen-bond acceptors (Lipinski definition) is 3. The van der Waals surface area contributed by atoms with Crippen LogP contribution in [0, 0.1) is 5.92 Å². The Labute approximate surface area is 109 Å². The Balaban J connectivity index is 2.15. The molecule has 0 unspecified atom stereocenters. The standard InChI is InChI=1S/C14H11FN2O2/c1-19-14(18)12-13(17-6-2-3-7-17)10-8-9(15)4-5-11(10)16-12/h2-8,10H,1H3/t10-/m1/s1. The predicted octanol–water partition coefficient (Wildman–Crippen LogP) is 2.32. The lowest BCUT2D eigenvalue weighted by Crippen LogP contribution is -2.15. The molecule has 1 aliphatic heterocycles. The summed E-state index contributed by atoms with van der Waals surface area (Å²) in [5.74, 6) is -1.21. The molecule has 0 N–H and O–H groups in total. The minimum Gasteiger partial charge on any atom is -0.464 e. The monoisotopic (exact) mass is 258 g/mol. The number of ether oxygens (including phenoxy) is 1. The van der Waals surface area contributed by atoms with E-state index in [-0.39, 0.29) is 17.4 Å². The average molecular weight is 258 g/mol. The minimum atomic E-state index is -0.521. The van der Waals surface area contributed by atoms with Crippen molar-refractivity contribution in [3.05, 3.63) is 54.3 Å². The number of rotatable bonds is 2. The first-order valence-corrected chi connectivity index (χ1v) is 5.80. The fraction of sp³-hybridized carbons (Fsp3) is 0.143. The number of hydrogen-bond donors (Lipinski definition) is 0. The van der Waals surface area contributed by atoms with Crippen LogP contribution in [-0.4, -0.2) is 23.4 Å². The van der Waals surface area contributed by atoms with Crippen LogP contribution in [0.2, 0.25) is 0 Å². The molecule has 4 nitrogen and oxygen atoms in total. The summed E-state index contributed by atoms with van der Waals surface area (Å²) < 4.78 is 19.9. The average Bonchev–Trinajstić information content (AvgIpc) is 3.03. The smallest absolute Gasteiger partial charge is 0.358 e. The molecule has 0 spiro atoms. The van der Waals surface area contributed by atoms with E-state index >= 15 is 0 Å². The van der Waals surface area contributed by atoms with Gasteiger partial charge in [0.05, 0.1) is 24.4 Å². The SMILES string of the molecule is COC(=O)C1=C(n2cccc2)[C@@H]2C=C(F)C=CC2=N1. The molecule has 2 heterocycles. The maximum Gasteiger partial charge on any atom is 0.358 e. The highest BCUT2D eigenvalue weighted by molar-refractivity contribution is 6.14. The van der Waals surface area contributed by atoms with Crippen molar-refractivity contribution in [1.82, 2.24) is 4.57 Å². The van der Waals surface area contributed by atoms with Crippen molar-refractivity contribution in [3.8, 4) is 0 Å². The summed E-state index contributed by atoms with van der Waals surface area (Å²) in [7, 11) is 1.30. The molecule has 1 aliphatic carbocycles. The second kappa shape index (κ2) is 4.35. The van der Waals surface area contributed by atoms with Gasteiger partial charge >= 0.3 is 5.97 Å². The zero-order chi connectivity index (χ0) is 13.4. The van der Waals surface area contributed by atoms with Crippen LogP contribution in [-0.2, 0) is 9.53 Å². The second-order valence-corrected chi connectivity index (χ2v) is 4.21. The van der Waals surface area contributed by atoms with Gasteiger partial charge in [-0.15, -0.1) is 0 Å². The van der Waals surface area contributed by atoms with Crippen LogP contribution in [0.3, 0.4) is 0 Å². The summed E-state index contributed by atoms with van der Waals surface area (Å²) in [6.07, 6.45) is 7.95. The van der Waals surface area contributed by atoms with Crippen LogP contribution in [0.25, 0.3) is 5.70 Å². The largest absolute Gasteiger partial charge is 0.464 e. The van der Waals surface area contributed by atoms with E-state index in [1.807, 2.05) is 12.1 Å². The predicted molar refractivity (Wildman–Crippen MR) is 68.9 cm³/mol. The number of aliphatic imine (C=N–C) groups is 1. The molecule has 19 heavy (non-hydrogen) atoms. The van der Waals surface area contributed by atoms with Gasteiger partial charge < -0.3 is 9.30 Å². The summed E-state index contributed by atoms with van der Waals surface area (Å²) >= 11 is 0. The molecule has 0 radical (unpaired) electrons. The minimum absolute atomic E-state index is 0.217. The molecule has 0 saturated heterocycles. The molecular weight excluding hydrogens is 247 g/mol. The number of fused-ring (bicyclic) bond motifs is 1. The van der Waals surface area contributed by atoms with Gasteiger partial charge in [-0.25, -0.2) is 14.2 Å². The van der Waals surface area contributed by atoms with Crippen molar-refractivity contribution in [3.63, 3.8) is 0 Å². The summed E-state index contributed by atoms with van der Waals surface area (Å²) in [5, 5.41) is 0. The van der Waals surface area contributed by atoms with Crippen molar-refractivity contribution >= 4 is 17.4 Å². The second-order valence-electron chi connectivity index (χ2n) is 4.21. The van der Waals surface area contributed by atoms with Gasteiger partial charge in [0.2, 0.25) is 0 Å². The zero-order valence-electron chi connectivity index (χ0n) is 10.2. The summed E-state index contributed by atoms with van der Waals surface area (Å²) in [6.45, 7) is 0. The number of aromatic nitrogens is 1. The molecule has 0 amide bonds. The quantitative estimate of drug-likeness (QED) is 0.764. The van der Waals surface area contributed by atoms with E-state index in [2.05, 4.69) is 4.99 Å². The Morgan fingerprint density at radius 1 is 1.37 bits per heavy atom. The maximum absolute atomic E-state index is 13.4. The highest BCUT2D eigenvalue weighted by Crippen LogP contribution is 2.35. The van der Waals surface area contributed by atoms with Crippen LogP contribution in [0.4, 0.5) is 4.39 Å². The first-order valence-electron chi connectivity index (χ1n) is 5.80. The number of methoxy groups -OCH3 is 1. The Bertz CT molecular complexity index is 651.